The molecule has 5 nitrogen and oxygen atoms in total. The van der Waals surface area contributed by atoms with Crippen molar-refractivity contribution in [3.05, 3.63) is 0 Å². The average Bonchev–Trinajstić information content (AvgIpc) is 2.24. The van der Waals surface area contributed by atoms with E-state index in [9.17, 15) is 8.42 Å². The van der Waals surface area contributed by atoms with Gasteiger partial charge in [0.05, 0.1) is 17.9 Å². The van der Waals surface area contributed by atoms with Crippen molar-refractivity contribution in [2.75, 3.05) is 12.4 Å². The van der Waals surface area contributed by atoms with Crippen molar-refractivity contribution >= 4 is 10.0 Å². The van der Waals surface area contributed by atoms with E-state index >= 15 is 0 Å². The third-order valence-corrected chi connectivity index (χ3v) is 5.49. The van der Waals surface area contributed by atoms with Gasteiger partial charge in [0.25, 0.3) is 0 Å². The van der Waals surface area contributed by atoms with Gasteiger partial charge in [0.15, 0.2) is 0 Å². The molecule has 0 radical (unpaired) electrons. The predicted molar refractivity (Wildman–Crippen MR) is 70.7 cm³/mol. The third-order valence-electron chi connectivity index (χ3n) is 4.08. The Kier molecular flexibility index (Phi) is 4.64. The lowest BCUT2D eigenvalue weighted by Gasteiger charge is -2.42. The normalized spacial score (nSPS) is 32.9. The Morgan fingerprint density at radius 3 is 2.61 bits per heavy atom. The van der Waals surface area contributed by atoms with Gasteiger partial charge in [-0.2, -0.15) is 0 Å². The lowest BCUT2D eigenvalue weighted by Crippen LogP contribution is -2.64. The van der Waals surface area contributed by atoms with Gasteiger partial charge in [-0.3, -0.25) is 0 Å². The number of hydrogen-bond donors (Lipinski definition) is 2. The summed E-state index contributed by atoms with van der Waals surface area (Å²) in [7, 11) is -3.21. The van der Waals surface area contributed by atoms with Gasteiger partial charge in [-0.05, 0) is 25.7 Å². The zero-order valence-electron chi connectivity index (χ0n) is 11.0. The quantitative estimate of drug-likeness (QED) is 0.713. The zero-order chi connectivity index (χ0) is 13.2. The van der Waals surface area contributed by atoms with Gasteiger partial charge < -0.3 is 10.5 Å². The Bertz CT molecular complexity index is 366. The molecule has 0 bridgehead atoms. The van der Waals surface area contributed by atoms with Crippen LogP contribution in [0.3, 0.4) is 0 Å². The van der Waals surface area contributed by atoms with E-state index in [0.717, 1.165) is 12.8 Å². The second kappa shape index (κ2) is 5.86. The van der Waals surface area contributed by atoms with E-state index < -0.39 is 10.0 Å². The van der Waals surface area contributed by atoms with Gasteiger partial charge in [-0.15, -0.1) is 0 Å². The first-order valence-corrected chi connectivity index (χ1v) is 8.54. The maximum absolute atomic E-state index is 12.0. The Balaban J connectivity index is 1.78. The molecule has 2 aliphatic carbocycles. The smallest absolute Gasteiger partial charge is 0.212 e. The van der Waals surface area contributed by atoms with E-state index in [1.807, 2.05) is 6.92 Å². The molecule has 2 rings (SSSR count). The molecule has 0 spiro atoms. The van der Waals surface area contributed by atoms with Crippen molar-refractivity contribution in [1.82, 2.24) is 4.72 Å². The highest BCUT2D eigenvalue weighted by molar-refractivity contribution is 7.89. The Morgan fingerprint density at radius 1 is 1.39 bits per heavy atom. The van der Waals surface area contributed by atoms with Crippen molar-refractivity contribution < 1.29 is 13.2 Å². The van der Waals surface area contributed by atoms with Crippen molar-refractivity contribution in [2.24, 2.45) is 11.7 Å². The predicted octanol–water partition coefficient (Wildman–Crippen LogP) is 0.601. The van der Waals surface area contributed by atoms with E-state index in [4.69, 9.17) is 10.5 Å². The van der Waals surface area contributed by atoms with E-state index in [2.05, 4.69) is 4.72 Å². The zero-order valence-corrected chi connectivity index (χ0v) is 11.8. The lowest BCUT2D eigenvalue weighted by atomic mass is 9.84. The van der Waals surface area contributed by atoms with Gasteiger partial charge >= 0.3 is 0 Å². The maximum atomic E-state index is 12.0. The summed E-state index contributed by atoms with van der Waals surface area (Å²) in [6.45, 7) is 2.50. The largest absolute Gasteiger partial charge is 0.377 e. The van der Waals surface area contributed by atoms with E-state index in [1.165, 1.54) is 19.3 Å². The minimum atomic E-state index is -3.21. The highest BCUT2D eigenvalue weighted by Crippen LogP contribution is 2.30. The van der Waals surface area contributed by atoms with Crippen LogP contribution in [-0.2, 0) is 14.8 Å². The molecule has 6 heteroatoms. The fourth-order valence-corrected chi connectivity index (χ4v) is 4.06. The Morgan fingerprint density at radius 2 is 2.11 bits per heavy atom. The number of ether oxygens (including phenoxy) is 1. The number of sulfonamides is 1. The SMILES string of the molecule is CCOC1CC(N)C1NS(=O)(=O)CCC1CCC1. The standard InChI is InChI=1S/C12H24N2O3S/c1-2-17-11-8-10(13)12(11)14-18(15,16)7-6-9-4-3-5-9/h9-12,14H,2-8,13H2,1H3. The Hall–Kier alpha value is -0.170. The van der Waals surface area contributed by atoms with Crippen LogP contribution < -0.4 is 10.5 Å². The summed E-state index contributed by atoms with van der Waals surface area (Å²) >= 11 is 0. The second-order valence-corrected chi connectivity index (χ2v) is 7.31. The van der Waals surface area contributed by atoms with Crippen LogP contribution in [0.25, 0.3) is 0 Å². The number of nitrogens with two attached hydrogens (primary N) is 1. The van der Waals surface area contributed by atoms with Crippen molar-refractivity contribution in [2.45, 2.75) is 57.2 Å². The first-order chi connectivity index (χ1) is 8.52. The van der Waals surface area contributed by atoms with Crippen LogP contribution >= 0.6 is 0 Å². The minimum absolute atomic E-state index is 0.0523. The molecule has 2 saturated carbocycles. The summed E-state index contributed by atoms with van der Waals surface area (Å²) in [4.78, 5) is 0. The molecule has 0 saturated heterocycles. The van der Waals surface area contributed by atoms with Crippen molar-refractivity contribution in [1.29, 1.82) is 0 Å². The van der Waals surface area contributed by atoms with Gasteiger partial charge in [0.1, 0.15) is 0 Å². The van der Waals surface area contributed by atoms with Crippen molar-refractivity contribution in [3.63, 3.8) is 0 Å². The van der Waals surface area contributed by atoms with Crippen LogP contribution in [0.1, 0.15) is 39.0 Å². The van der Waals surface area contributed by atoms with E-state index in [1.54, 1.807) is 0 Å². The molecule has 3 N–H and O–H groups in total. The summed E-state index contributed by atoms with van der Waals surface area (Å²) in [5.41, 5.74) is 5.84. The summed E-state index contributed by atoms with van der Waals surface area (Å²) < 4.78 is 32.1. The molecule has 3 atom stereocenters. The first kappa shape index (κ1) is 14.2. The number of hydrogen-bond acceptors (Lipinski definition) is 4. The molecule has 2 aliphatic rings. The third kappa shape index (κ3) is 3.44. The van der Waals surface area contributed by atoms with Gasteiger partial charge in [-0.25, -0.2) is 13.1 Å². The number of rotatable bonds is 7. The van der Waals surface area contributed by atoms with Crippen LogP contribution in [0.2, 0.25) is 0 Å². The first-order valence-electron chi connectivity index (χ1n) is 6.89. The summed E-state index contributed by atoms with van der Waals surface area (Å²) in [5.74, 6) is 0.832. The van der Waals surface area contributed by atoms with Crippen LogP contribution in [0, 0.1) is 5.92 Å². The number of nitrogens with one attached hydrogen (secondary N) is 1. The summed E-state index contributed by atoms with van der Waals surface area (Å²) in [5, 5.41) is 0. The fraction of sp³-hybridized carbons (Fsp3) is 1.00. The molecule has 0 heterocycles. The van der Waals surface area contributed by atoms with E-state index in [-0.39, 0.29) is 23.9 Å². The molecular weight excluding hydrogens is 252 g/mol. The molecule has 106 valence electrons. The molecule has 0 aromatic carbocycles. The monoisotopic (exact) mass is 276 g/mol. The fourth-order valence-electron chi connectivity index (χ4n) is 2.56. The van der Waals surface area contributed by atoms with Crippen molar-refractivity contribution in [3.8, 4) is 0 Å². The molecule has 0 aromatic rings. The summed E-state index contributed by atoms with van der Waals surface area (Å²) in [6.07, 6.45) is 5.07. The topological polar surface area (TPSA) is 81.4 Å². The molecule has 0 aliphatic heterocycles. The van der Waals surface area contributed by atoms with Crippen LogP contribution in [0.4, 0.5) is 0 Å². The molecule has 3 unspecified atom stereocenters. The molecule has 0 amide bonds. The van der Waals surface area contributed by atoms with Gasteiger partial charge in [0, 0.05) is 12.6 Å². The van der Waals surface area contributed by atoms with Gasteiger partial charge in [-0.1, -0.05) is 19.3 Å². The maximum Gasteiger partial charge on any atom is 0.212 e. The van der Waals surface area contributed by atoms with Crippen LogP contribution in [0.5, 0.6) is 0 Å². The van der Waals surface area contributed by atoms with Gasteiger partial charge in [0.2, 0.25) is 10.0 Å². The second-order valence-electron chi connectivity index (χ2n) is 5.44. The van der Waals surface area contributed by atoms with Crippen LogP contribution in [0.15, 0.2) is 0 Å². The molecular formula is C12H24N2O3S. The van der Waals surface area contributed by atoms with E-state index in [0.29, 0.717) is 12.5 Å². The highest BCUT2D eigenvalue weighted by Gasteiger charge is 2.41. The Labute approximate surface area is 110 Å². The minimum Gasteiger partial charge on any atom is -0.377 e. The lowest BCUT2D eigenvalue weighted by molar-refractivity contribution is -0.0248. The highest BCUT2D eigenvalue weighted by atomic mass is 32.2. The van der Waals surface area contributed by atoms with Crippen LogP contribution in [-0.4, -0.2) is 39.0 Å². The molecule has 2 fully saturated rings. The summed E-state index contributed by atoms with van der Waals surface area (Å²) in [6, 6.07) is -0.351. The average molecular weight is 276 g/mol. The molecule has 18 heavy (non-hydrogen) atoms. The molecule has 0 aromatic heterocycles.